The molecule has 0 atom stereocenters. The van der Waals surface area contributed by atoms with Crippen LogP contribution in [-0.4, -0.2) is 10.9 Å². The topological polar surface area (TPSA) is 63.3 Å². The summed E-state index contributed by atoms with van der Waals surface area (Å²) in [6.45, 7) is 0.181. The predicted molar refractivity (Wildman–Crippen MR) is 73.6 cm³/mol. The molecule has 0 fully saturated rings. The first-order valence-electron chi connectivity index (χ1n) is 5.44. The van der Waals surface area contributed by atoms with Crippen LogP contribution in [0.15, 0.2) is 46.9 Å². The van der Waals surface area contributed by atoms with E-state index >= 15 is 0 Å². The van der Waals surface area contributed by atoms with Gasteiger partial charge in [-0.15, -0.1) is 0 Å². The van der Waals surface area contributed by atoms with Crippen LogP contribution in [0.25, 0.3) is 0 Å². The summed E-state index contributed by atoms with van der Waals surface area (Å²) in [5, 5.41) is 9.74. The van der Waals surface area contributed by atoms with Gasteiger partial charge < -0.3 is 10.8 Å². The number of nitrogens with two attached hydrogens (primary N) is 1. The third kappa shape index (κ3) is 2.44. The molecular weight excluding hydrogens is 294 g/mol. The fraction of sp³-hybridized carbons (Fsp3) is 0.0714. The van der Waals surface area contributed by atoms with E-state index in [0.29, 0.717) is 21.2 Å². The third-order valence-corrected chi connectivity index (χ3v) is 3.26. The molecular formula is C14H12BrNO2. The summed E-state index contributed by atoms with van der Waals surface area (Å²) >= 11 is 3.22. The van der Waals surface area contributed by atoms with Crippen LogP contribution in [-0.2, 0) is 6.54 Å². The molecule has 0 aliphatic rings. The van der Waals surface area contributed by atoms with Gasteiger partial charge in [0.1, 0.15) is 5.75 Å². The van der Waals surface area contributed by atoms with Gasteiger partial charge in [-0.2, -0.15) is 0 Å². The lowest BCUT2D eigenvalue weighted by molar-refractivity contribution is 0.103. The van der Waals surface area contributed by atoms with Crippen molar-refractivity contribution in [2.75, 3.05) is 0 Å². The molecule has 0 unspecified atom stereocenters. The van der Waals surface area contributed by atoms with Crippen LogP contribution >= 0.6 is 15.9 Å². The first-order chi connectivity index (χ1) is 8.63. The van der Waals surface area contributed by atoms with Gasteiger partial charge in [0.05, 0.1) is 4.47 Å². The molecule has 0 heterocycles. The first-order valence-corrected chi connectivity index (χ1v) is 6.24. The summed E-state index contributed by atoms with van der Waals surface area (Å²) in [5.74, 6) is -0.00638. The van der Waals surface area contributed by atoms with E-state index in [2.05, 4.69) is 15.9 Å². The standard InChI is InChI=1S/C14H12BrNO2/c15-12-7-10(6-11(8-16)14(12)18)13(17)9-4-2-1-3-5-9/h1-7,18H,8,16H2. The average Bonchev–Trinajstić information content (AvgIpc) is 2.42. The van der Waals surface area contributed by atoms with Crippen LogP contribution in [0, 0.1) is 0 Å². The van der Waals surface area contributed by atoms with Crippen LogP contribution in [0.5, 0.6) is 5.75 Å². The summed E-state index contributed by atoms with van der Waals surface area (Å²) in [6.07, 6.45) is 0. The molecule has 0 aliphatic heterocycles. The van der Waals surface area contributed by atoms with Crippen LogP contribution < -0.4 is 5.73 Å². The van der Waals surface area contributed by atoms with E-state index in [0.717, 1.165) is 0 Å². The number of aromatic hydroxyl groups is 1. The second-order valence-electron chi connectivity index (χ2n) is 3.87. The van der Waals surface area contributed by atoms with Crippen molar-refractivity contribution in [3.05, 3.63) is 63.6 Å². The lowest BCUT2D eigenvalue weighted by atomic mass is 10.0. The van der Waals surface area contributed by atoms with Crippen LogP contribution in [0.1, 0.15) is 21.5 Å². The van der Waals surface area contributed by atoms with Gasteiger partial charge in [0.2, 0.25) is 0 Å². The molecule has 0 amide bonds. The lowest BCUT2D eigenvalue weighted by Crippen LogP contribution is -2.04. The maximum Gasteiger partial charge on any atom is 0.193 e. The molecule has 0 saturated heterocycles. The maximum atomic E-state index is 12.2. The number of rotatable bonds is 3. The van der Waals surface area contributed by atoms with E-state index in [-0.39, 0.29) is 18.1 Å². The van der Waals surface area contributed by atoms with Gasteiger partial charge in [-0.1, -0.05) is 30.3 Å². The Kier molecular flexibility index (Phi) is 3.79. The molecule has 4 heteroatoms. The van der Waals surface area contributed by atoms with Gasteiger partial charge in [0.25, 0.3) is 0 Å². The zero-order chi connectivity index (χ0) is 13.1. The smallest absolute Gasteiger partial charge is 0.193 e. The van der Waals surface area contributed by atoms with Gasteiger partial charge in [0, 0.05) is 23.2 Å². The molecule has 18 heavy (non-hydrogen) atoms. The lowest BCUT2D eigenvalue weighted by Gasteiger charge is -2.08. The zero-order valence-electron chi connectivity index (χ0n) is 9.56. The van der Waals surface area contributed by atoms with Crippen LogP contribution in [0.3, 0.4) is 0 Å². The second-order valence-corrected chi connectivity index (χ2v) is 4.72. The van der Waals surface area contributed by atoms with Crippen molar-refractivity contribution in [3.63, 3.8) is 0 Å². The Morgan fingerprint density at radius 3 is 2.44 bits per heavy atom. The van der Waals surface area contributed by atoms with Crippen molar-refractivity contribution >= 4 is 21.7 Å². The van der Waals surface area contributed by atoms with Gasteiger partial charge in [-0.3, -0.25) is 4.79 Å². The van der Waals surface area contributed by atoms with E-state index in [1.807, 2.05) is 18.2 Å². The van der Waals surface area contributed by atoms with E-state index < -0.39 is 0 Å². The molecule has 3 N–H and O–H groups in total. The summed E-state index contributed by atoms with van der Waals surface area (Å²) in [6, 6.07) is 12.2. The average molecular weight is 306 g/mol. The van der Waals surface area contributed by atoms with E-state index in [1.165, 1.54) is 0 Å². The van der Waals surface area contributed by atoms with Crippen LogP contribution in [0.2, 0.25) is 0 Å². The van der Waals surface area contributed by atoms with Gasteiger partial charge in [-0.25, -0.2) is 0 Å². The van der Waals surface area contributed by atoms with Crippen molar-refractivity contribution in [2.45, 2.75) is 6.54 Å². The number of carbonyl (C=O) groups is 1. The van der Waals surface area contributed by atoms with Crippen molar-refractivity contribution < 1.29 is 9.90 Å². The Balaban J connectivity index is 2.46. The van der Waals surface area contributed by atoms with Crippen LogP contribution in [0.4, 0.5) is 0 Å². The van der Waals surface area contributed by atoms with E-state index in [4.69, 9.17) is 5.73 Å². The number of benzene rings is 2. The quantitative estimate of drug-likeness (QED) is 0.857. The van der Waals surface area contributed by atoms with Gasteiger partial charge in [0.15, 0.2) is 5.78 Å². The molecule has 92 valence electrons. The number of ketones is 1. The molecule has 2 aromatic carbocycles. The van der Waals surface area contributed by atoms with E-state index in [1.54, 1.807) is 24.3 Å². The first kappa shape index (κ1) is 12.8. The fourth-order valence-electron chi connectivity index (χ4n) is 1.70. The molecule has 2 aromatic rings. The molecule has 3 nitrogen and oxygen atoms in total. The van der Waals surface area contributed by atoms with Gasteiger partial charge in [-0.05, 0) is 28.1 Å². The number of hydrogen-bond acceptors (Lipinski definition) is 3. The highest BCUT2D eigenvalue weighted by molar-refractivity contribution is 9.10. The SMILES string of the molecule is NCc1cc(C(=O)c2ccccc2)cc(Br)c1O. The summed E-state index contributed by atoms with van der Waals surface area (Å²) in [5.41, 5.74) is 7.20. The third-order valence-electron chi connectivity index (χ3n) is 2.66. The van der Waals surface area contributed by atoms with E-state index in [9.17, 15) is 9.90 Å². The Bertz CT molecular complexity index is 582. The molecule has 0 aromatic heterocycles. The number of halogens is 1. The second kappa shape index (κ2) is 5.33. The summed E-state index contributed by atoms with van der Waals surface area (Å²) in [7, 11) is 0. The predicted octanol–water partition coefficient (Wildman–Crippen LogP) is 2.84. The minimum atomic E-state index is -0.0917. The highest BCUT2D eigenvalue weighted by atomic mass is 79.9. The highest BCUT2D eigenvalue weighted by Crippen LogP contribution is 2.30. The number of carbonyl (C=O) groups excluding carboxylic acids is 1. The molecule has 0 radical (unpaired) electrons. The minimum absolute atomic E-state index is 0.0853. The van der Waals surface area contributed by atoms with Crippen molar-refractivity contribution in [2.24, 2.45) is 5.73 Å². The molecule has 0 aliphatic carbocycles. The molecule has 0 saturated carbocycles. The van der Waals surface area contributed by atoms with Crippen molar-refractivity contribution in [3.8, 4) is 5.75 Å². The largest absolute Gasteiger partial charge is 0.506 e. The Hall–Kier alpha value is -1.65. The number of phenols is 1. The fourth-order valence-corrected chi connectivity index (χ4v) is 2.20. The molecule has 0 bridgehead atoms. The Morgan fingerprint density at radius 1 is 1.17 bits per heavy atom. The molecule has 2 rings (SSSR count). The Labute approximate surface area is 113 Å². The maximum absolute atomic E-state index is 12.2. The Morgan fingerprint density at radius 2 is 1.83 bits per heavy atom. The zero-order valence-corrected chi connectivity index (χ0v) is 11.1. The normalized spacial score (nSPS) is 10.3. The molecule has 0 spiro atoms. The minimum Gasteiger partial charge on any atom is -0.506 e. The monoisotopic (exact) mass is 305 g/mol. The van der Waals surface area contributed by atoms with Gasteiger partial charge >= 0.3 is 0 Å². The van der Waals surface area contributed by atoms with Crippen molar-refractivity contribution in [1.29, 1.82) is 0 Å². The van der Waals surface area contributed by atoms with Crippen molar-refractivity contribution in [1.82, 2.24) is 0 Å². The highest BCUT2D eigenvalue weighted by Gasteiger charge is 2.13. The summed E-state index contributed by atoms with van der Waals surface area (Å²) < 4.78 is 0.477. The summed E-state index contributed by atoms with van der Waals surface area (Å²) in [4.78, 5) is 12.2. The number of phenolic OH excluding ortho intramolecular Hbond substituents is 1. The number of hydrogen-bond donors (Lipinski definition) is 2.